The highest BCUT2D eigenvalue weighted by Crippen LogP contribution is 2.35. The van der Waals surface area contributed by atoms with Crippen LogP contribution in [0, 0.1) is 6.92 Å². The third kappa shape index (κ3) is 3.05. The quantitative estimate of drug-likeness (QED) is 0.874. The van der Waals surface area contributed by atoms with E-state index >= 15 is 0 Å². The van der Waals surface area contributed by atoms with Crippen molar-refractivity contribution in [3.8, 4) is 5.75 Å². The van der Waals surface area contributed by atoms with Crippen LogP contribution in [0.3, 0.4) is 0 Å². The number of ether oxygens (including phenoxy) is 1. The average molecular weight is 291 g/mol. The number of carbonyl (C=O) groups is 1. The number of carboxylic acid groups (broad SMARTS) is 1. The van der Waals surface area contributed by atoms with E-state index in [-0.39, 0.29) is 0 Å². The van der Waals surface area contributed by atoms with E-state index in [0.29, 0.717) is 6.54 Å². The second-order valence-corrected chi connectivity index (χ2v) is 5.92. The first kappa shape index (κ1) is 15.8. The number of aliphatic carboxylic acids is 1. The predicted octanol–water partition coefficient (Wildman–Crippen LogP) is 3.22. The minimum absolute atomic E-state index is 0.674. The smallest absolute Gasteiger partial charge is 0.324 e. The van der Waals surface area contributed by atoms with Crippen LogP contribution >= 0.6 is 0 Å². The van der Waals surface area contributed by atoms with E-state index in [9.17, 15) is 9.90 Å². The minimum atomic E-state index is -0.678. The van der Waals surface area contributed by atoms with Crippen molar-refractivity contribution >= 4 is 5.97 Å². The van der Waals surface area contributed by atoms with Crippen LogP contribution in [-0.2, 0) is 11.3 Å². The van der Waals surface area contributed by atoms with Crippen LogP contribution in [-0.4, -0.2) is 35.2 Å². The number of aryl methyl sites for hydroxylation is 1. The number of carboxylic acids is 1. The van der Waals surface area contributed by atoms with Crippen LogP contribution in [0.1, 0.15) is 43.7 Å². The number of hydrogen-bond donors (Lipinski definition) is 1. The number of nitrogens with zero attached hydrogens (tertiary/aromatic N) is 1. The number of hydrogen-bond acceptors (Lipinski definition) is 3. The molecule has 1 N–H and O–H groups in total. The molecule has 1 saturated heterocycles. The molecule has 0 saturated carbocycles. The molecule has 0 amide bonds. The van der Waals surface area contributed by atoms with Crippen molar-refractivity contribution in [1.29, 1.82) is 0 Å². The summed E-state index contributed by atoms with van der Waals surface area (Å²) >= 11 is 0. The van der Waals surface area contributed by atoms with Crippen LogP contribution in [0.15, 0.2) is 18.2 Å². The minimum Gasteiger partial charge on any atom is -0.496 e. The summed E-state index contributed by atoms with van der Waals surface area (Å²) < 4.78 is 5.28. The largest absolute Gasteiger partial charge is 0.496 e. The van der Waals surface area contributed by atoms with Gasteiger partial charge in [0, 0.05) is 6.54 Å². The van der Waals surface area contributed by atoms with Crippen LogP contribution in [0.4, 0.5) is 0 Å². The average Bonchev–Trinajstić information content (AvgIpc) is 2.84. The zero-order valence-corrected chi connectivity index (χ0v) is 13.2. The first-order chi connectivity index (χ1) is 10.0. The molecular weight excluding hydrogens is 266 g/mol. The Morgan fingerprint density at radius 1 is 1.48 bits per heavy atom. The van der Waals surface area contributed by atoms with Gasteiger partial charge in [-0.15, -0.1) is 0 Å². The Morgan fingerprint density at radius 3 is 2.81 bits per heavy atom. The lowest BCUT2D eigenvalue weighted by molar-refractivity contribution is -0.150. The summed E-state index contributed by atoms with van der Waals surface area (Å²) in [7, 11) is 1.67. The molecule has 0 radical (unpaired) electrons. The summed E-state index contributed by atoms with van der Waals surface area (Å²) in [5.41, 5.74) is 1.56. The van der Waals surface area contributed by atoms with Gasteiger partial charge in [0.1, 0.15) is 11.3 Å². The van der Waals surface area contributed by atoms with E-state index in [2.05, 4.69) is 17.9 Å². The van der Waals surface area contributed by atoms with Gasteiger partial charge < -0.3 is 9.84 Å². The first-order valence-electron chi connectivity index (χ1n) is 7.65. The van der Waals surface area contributed by atoms with Gasteiger partial charge in [0.25, 0.3) is 0 Å². The van der Waals surface area contributed by atoms with Crippen LogP contribution in [0.5, 0.6) is 5.75 Å². The molecule has 2 rings (SSSR count). The molecule has 116 valence electrons. The van der Waals surface area contributed by atoms with Gasteiger partial charge >= 0.3 is 5.97 Å². The molecule has 1 unspecified atom stereocenters. The highest BCUT2D eigenvalue weighted by atomic mass is 16.5. The fourth-order valence-corrected chi connectivity index (χ4v) is 3.47. The van der Waals surface area contributed by atoms with Crippen LogP contribution in [0.2, 0.25) is 0 Å². The lowest BCUT2D eigenvalue weighted by Gasteiger charge is -2.34. The van der Waals surface area contributed by atoms with Gasteiger partial charge in [-0.3, -0.25) is 9.69 Å². The van der Waals surface area contributed by atoms with Gasteiger partial charge in [-0.05, 0) is 49.9 Å². The zero-order chi connectivity index (χ0) is 15.5. The van der Waals surface area contributed by atoms with Crippen molar-refractivity contribution in [3.63, 3.8) is 0 Å². The molecule has 1 aliphatic heterocycles. The van der Waals surface area contributed by atoms with Crippen molar-refractivity contribution in [2.45, 2.75) is 51.6 Å². The topological polar surface area (TPSA) is 49.8 Å². The van der Waals surface area contributed by atoms with Gasteiger partial charge in [-0.2, -0.15) is 0 Å². The maximum Gasteiger partial charge on any atom is 0.324 e. The van der Waals surface area contributed by atoms with E-state index in [1.807, 2.05) is 19.1 Å². The second kappa shape index (κ2) is 6.48. The van der Waals surface area contributed by atoms with Crippen molar-refractivity contribution in [1.82, 2.24) is 4.90 Å². The Morgan fingerprint density at radius 2 is 2.24 bits per heavy atom. The molecule has 1 aromatic carbocycles. The summed E-state index contributed by atoms with van der Waals surface area (Å²) in [6, 6.07) is 6.08. The Labute approximate surface area is 126 Å². The normalized spacial score (nSPS) is 22.4. The molecule has 0 bridgehead atoms. The first-order valence-corrected chi connectivity index (χ1v) is 7.65. The van der Waals surface area contributed by atoms with Crippen LogP contribution < -0.4 is 4.74 Å². The molecule has 4 nitrogen and oxygen atoms in total. The van der Waals surface area contributed by atoms with E-state index in [0.717, 1.165) is 49.1 Å². The van der Waals surface area contributed by atoms with E-state index in [4.69, 9.17) is 4.74 Å². The number of benzene rings is 1. The number of methoxy groups -OCH3 is 1. The summed E-state index contributed by atoms with van der Waals surface area (Å²) in [6.45, 7) is 5.62. The Balaban J connectivity index is 2.21. The van der Waals surface area contributed by atoms with Crippen molar-refractivity contribution in [3.05, 3.63) is 29.3 Å². The summed E-state index contributed by atoms with van der Waals surface area (Å²) in [5.74, 6) is 0.199. The highest BCUT2D eigenvalue weighted by Gasteiger charge is 2.46. The summed E-state index contributed by atoms with van der Waals surface area (Å²) in [6.07, 6.45) is 3.33. The second-order valence-electron chi connectivity index (χ2n) is 5.92. The third-order valence-corrected chi connectivity index (χ3v) is 4.52. The van der Waals surface area contributed by atoms with Gasteiger partial charge in [-0.25, -0.2) is 0 Å². The number of likely N-dealkylation sites (tertiary alicyclic amines) is 1. The molecule has 1 fully saturated rings. The standard InChI is InChI=1S/C17H25NO3/c1-4-8-17(16(19)20)9-5-10-18(17)12-14-6-7-15(21-3)13(2)11-14/h6-7,11H,4-5,8-10,12H2,1-3H3,(H,19,20). The summed E-state index contributed by atoms with van der Waals surface area (Å²) in [5, 5.41) is 9.72. The molecule has 1 heterocycles. The fourth-order valence-electron chi connectivity index (χ4n) is 3.47. The van der Waals surface area contributed by atoms with Crippen molar-refractivity contribution in [2.24, 2.45) is 0 Å². The maximum atomic E-state index is 11.8. The molecule has 0 aliphatic carbocycles. The molecule has 21 heavy (non-hydrogen) atoms. The van der Waals surface area contributed by atoms with Gasteiger partial charge in [0.05, 0.1) is 7.11 Å². The van der Waals surface area contributed by atoms with E-state index in [1.165, 1.54) is 0 Å². The molecule has 0 spiro atoms. The lowest BCUT2D eigenvalue weighted by Crippen LogP contribution is -2.49. The monoisotopic (exact) mass is 291 g/mol. The summed E-state index contributed by atoms with van der Waals surface area (Å²) in [4.78, 5) is 14.0. The van der Waals surface area contributed by atoms with Gasteiger partial charge in [0.2, 0.25) is 0 Å². The molecular formula is C17H25NO3. The van der Waals surface area contributed by atoms with E-state index < -0.39 is 11.5 Å². The Kier molecular flexibility index (Phi) is 4.88. The van der Waals surface area contributed by atoms with Crippen molar-refractivity contribution in [2.75, 3.05) is 13.7 Å². The van der Waals surface area contributed by atoms with Gasteiger partial charge in [0.15, 0.2) is 0 Å². The molecule has 4 heteroatoms. The maximum absolute atomic E-state index is 11.8. The van der Waals surface area contributed by atoms with E-state index in [1.54, 1.807) is 7.11 Å². The molecule has 1 aliphatic rings. The number of rotatable bonds is 6. The fraction of sp³-hybridized carbons (Fsp3) is 0.588. The molecule has 0 aromatic heterocycles. The third-order valence-electron chi connectivity index (χ3n) is 4.52. The SMILES string of the molecule is CCCC1(C(=O)O)CCCN1Cc1ccc(OC)c(C)c1. The lowest BCUT2D eigenvalue weighted by atomic mass is 9.90. The Bertz CT molecular complexity index is 515. The predicted molar refractivity (Wildman–Crippen MR) is 82.6 cm³/mol. The van der Waals surface area contributed by atoms with Gasteiger partial charge in [-0.1, -0.05) is 25.5 Å². The molecule has 1 atom stereocenters. The van der Waals surface area contributed by atoms with Crippen LogP contribution in [0.25, 0.3) is 0 Å². The zero-order valence-electron chi connectivity index (χ0n) is 13.2. The highest BCUT2D eigenvalue weighted by molar-refractivity contribution is 5.79. The van der Waals surface area contributed by atoms with Crippen molar-refractivity contribution < 1.29 is 14.6 Å². The Hall–Kier alpha value is -1.55. The molecule has 1 aromatic rings.